The third kappa shape index (κ3) is 2.52. The molecule has 0 aliphatic carbocycles. The van der Waals surface area contributed by atoms with Crippen LogP contribution in [0.25, 0.3) is 11.0 Å². The van der Waals surface area contributed by atoms with Crippen molar-refractivity contribution in [1.29, 1.82) is 0 Å². The van der Waals surface area contributed by atoms with E-state index in [1.54, 1.807) is 7.11 Å². The zero-order valence-corrected chi connectivity index (χ0v) is 12.4. The van der Waals surface area contributed by atoms with E-state index < -0.39 is 0 Å². The molecule has 3 rings (SSSR count). The molecule has 4 heteroatoms. The van der Waals surface area contributed by atoms with Crippen molar-refractivity contribution < 1.29 is 4.74 Å². The van der Waals surface area contributed by atoms with Crippen molar-refractivity contribution in [2.75, 3.05) is 20.2 Å². The third-order valence-electron chi connectivity index (χ3n) is 4.22. The third-order valence-corrected chi connectivity index (χ3v) is 4.22. The topological polar surface area (TPSA) is 39.1 Å². The Morgan fingerprint density at radius 1 is 1.45 bits per heavy atom. The maximum absolute atomic E-state index is 5.30. The lowest BCUT2D eigenvalue weighted by Crippen LogP contribution is -2.31. The van der Waals surface area contributed by atoms with Crippen LogP contribution in [0.15, 0.2) is 18.2 Å². The Balaban J connectivity index is 1.92. The van der Waals surface area contributed by atoms with Crippen LogP contribution in [0.5, 0.6) is 5.75 Å². The van der Waals surface area contributed by atoms with Gasteiger partial charge in [0.25, 0.3) is 0 Å². The van der Waals surface area contributed by atoms with Crippen LogP contribution >= 0.6 is 0 Å². The van der Waals surface area contributed by atoms with E-state index in [1.165, 1.54) is 24.2 Å². The van der Waals surface area contributed by atoms with E-state index in [4.69, 9.17) is 9.72 Å². The van der Waals surface area contributed by atoms with E-state index in [9.17, 15) is 0 Å². The van der Waals surface area contributed by atoms with Crippen LogP contribution < -0.4 is 10.1 Å². The number of fused-ring (bicyclic) bond motifs is 1. The number of rotatable bonds is 4. The average Bonchev–Trinajstić information content (AvgIpc) is 2.84. The number of methoxy groups -OCH3 is 1. The van der Waals surface area contributed by atoms with Gasteiger partial charge in [0.05, 0.1) is 18.1 Å². The second-order valence-corrected chi connectivity index (χ2v) is 5.54. The quantitative estimate of drug-likeness (QED) is 0.930. The highest BCUT2D eigenvalue weighted by Gasteiger charge is 2.18. The van der Waals surface area contributed by atoms with Gasteiger partial charge in [-0.1, -0.05) is 0 Å². The molecule has 1 aromatic carbocycles. The number of piperidine rings is 1. The minimum atomic E-state index is 0.716. The molecule has 0 saturated carbocycles. The summed E-state index contributed by atoms with van der Waals surface area (Å²) in [5.74, 6) is 2.81. The van der Waals surface area contributed by atoms with Crippen LogP contribution in [-0.2, 0) is 13.0 Å². The first-order chi connectivity index (χ1) is 9.81. The highest BCUT2D eigenvalue weighted by atomic mass is 16.5. The summed E-state index contributed by atoms with van der Waals surface area (Å²) in [5.41, 5.74) is 2.26. The molecule has 1 unspecified atom stereocenters. The molecule has 1 N–H and O–H groups in total. The van der Waals surface area contributed by atoms with E-state index in [1.807, 2.05) is 12.1 Å². The SMILES string of the molecule is CCn1c(CC2CCCNC2)nc2cc(OC)ccc21. The summed E-state index contributed by atoms with van der Waals surface area (Å²) < 4.78 is 7.63. The molecule has 108 valence electrons. The van der Waals surface area contributed by atoms with Crippen molar-refractivity contribution in [1.82, 2.24) is 14.9 Å². The summed E-state index contributed by atoms with van der Waals surface area (Å²) in [6.45, 7) is 5.44. The number of hydrogen-bond donors (Lipinski definition) is 1. The number of aryl methyl sites for hydroxylation is 1. The Morgan fingerprint density at radius 3 is 3.05 bits per heavy atom. The van der Waals surface area contributed by atoms with E-state index in [-0.39, 0.29) is 0 Å². The number of imidazole rings is 1. The summed E-state index contributed by atoms with van der Waals surface area (Å²) in [5, 5.41) is 3.49. The fourth-order valence-electron chi connectivity index (χ4n) is 3.15. The van der Waals surface area contributed by atoms with Crippen LogP contribution in [0.4, 0.5) is 0 Å². The molecule has 0 amide bonds. The lowest BCUT2D eigenvalue weighted by atomic mass is 9.96. The number of nitrogens with zero attached hydrogens (tertiary/aromatic N) is 2. The molecule has 1 fully saturated rings. The number of aromatic nitrogens is 2. The lowest BCUT2D eigenvalue weighted by molar-refractivity contribution is 0.367. The van der Waals surface area contributed by atoms with Gasteiger partial charge in [0.1, 0.15) is 11.6 Å². The summed E-state index contributed by atoms with van der Waals surface area (Å²) in [6.07, 6.45) is 3.66. The maximum atomic E-state index is 5.30. The van der Waals surface area contributed by atoms with Crippen molar-refractivity contribution >= 4 is 11.0 Å². The Kier molecular flexibility index (Phi) is 3.92. The Labute approximate surface area is 120 Å². The predicted octanol–water partition coefficient (Wildman–Crippen LogP) is 2.61. The molecule has 2 heterocycles. The highest BCUT2D eigenvalue weighted by molar-refractivity contribution is 5.77. The highest BCUT2D eigenvalue weighted by Crippen LogP contribution is 2.24. The number of hydrogen-bond acceptors (Lipinski definition) is 3. The monoisotopic (exact) mass is 273 g/mol. The Morgan fingerprint density at radius 2 is 2.35 bits per heavy atom. The van der Waals surface area contributed by atoms with Crippen molar-refractivity contribution in [3.8, 4) is 5.75 Å². The van der Waals surface area contributed by atoms with E-state index in [0.717, 1.165) is 37.3 Å². The van der Waals surface area contributed by atoms with Crippen LogP contribution in [0.2, 0.25) is 0 Å². The molecule has 1 saturated heterocycles. The van der Waals surface area contributed by atoms with Crippen LogP contribution in [0, 0.1) is 5.92 Å². The smallest absolute Gasteiger partial charge is 0.121 e. The van der Waals surface area contributed by atoms with Crippen LogP contribution in [-0.4, -0.2) is 29.8 Å². The predicted molar refractivity (Wildman–Crippen MR) is 81.3 cm³/mol. The standard InChI is InChI=1S/C16H23N3O/c1-3-19-15-7-6-13(20-2)10-14(15)18-16(19)9-12-5-4-8-17-11-12/h6-7,10,12,17H,3-5,8-9,11H2,1-2H3. The van der Waals surface area contributed by atoms with Gasteiger partial charge in [-0.3, -0.25) is 0 Å². The van der Waals surface area contributed by atoms with Gasteiger partial charge in [0.2, 0.25) is 0 Å². The molecule has 0 spiro atoms. The van der Waals surface area contributed by atoms with Gasteiger partial charge >= 0.3 is 0 Å². The molecule has 1 aromatic heterocycles. The molecule has 2 aromatic rings. The normalized spacial score (nSPS) is 19.4. The van der Waals surface area contributed by atoms with Crippen molar-refractivity contribution in [2.24, 2.45) is 5.92 Å². The maximum Gasteiger partial charge on any atom is 0.121 e. The van der Waals surface area contributed by atoms with E-state index in [0.29, 0.717) is 5.92 Å². The molecule has 1 aliphatic heterocycles. The second kappa shape index (κ2) is 5.83. The van der Waals surface area contributed by atoms with Gasteiger partial charge in [-0.15, -0.1) is 0 Å². The van der Waals surface area contributed by atoms with Gasteiger partial charge in [-0.25, -0.2) is 4.98 Å². The van der Waals surface area contributed by atoms with Crippen molar-refractivity contribution in [3.63, 3.8) is 0 Å². The van der Waals surface area contributed by atoms with Crippen LogP contribution in [0.3, 0.4) is 0 Å². The lowest BCUT2D eigenvalue weighted by Gasteiger charge is -2.22. The molecule has 20 heavy (non-hydrogen) atoms. The average molecular weight is 273 g/mol. The Hall–Kier alpha value is -1.55. The molecule has 0 bridgehead atoms. The fraction of sp³-hybridized carbons (Fsp3) is 0.562. The van der Waals surface area contributed by atoms with Gasteiger partial charge in [-0.2, -0.15) is 0 Å². The Bertz CT molecular complexity index is 585. The molecule has 0 radical (unpaired) electrons. The molecule has 1 aliphatic rings. The van der Waals surface area contributed by atoms with E-state index >= 15 is 0 Å². The van der Waals surface area contributed by atoms with Crippen LogP contribution in [0.1, 0.15) is 25.6 Å². The largest absolute Gasteiger partial charge is 0.497 e. The number of nitrogens with one attached hydrogen (secondary N) is 1. The number of ether oxygens (including phenoxy) is 1. The summed E-state index contributed by atoms with van der Waals surface area (Å²) >= 11 is 0. The minimum Gasteiger partial charge on any atom is -0.497 e. The zero-order chi connectivity index (χ0) is 13.9. The molecule has 1 atom stereocenters. The van der Waals surface area contributed by atoms with Crippen molar-refractivity contribution in [3.05, 3.63) is 24.0 Å². The van der Waals surface area contributed by atoms with Crippen molar-refractivity contribution in [2.45, 2.75) is 32.7 Å². The molecular formula is C16H23N3O. The molecule has 4 nitrogen and oxygen atoms in total. The zero-order valence-electron chi connectivity index (χ0n) is 12.4. The second-order valence-electron chi connectivity index (χ2n) is 5.54. The minimum absolute atomic E-state index is 0.716. The first-order valence-corrected chi connectivity index (χ1v) is 7.55. The van der Waals surface area contributed by atoms with Gasteiger partial charge in [-0.05, 0) is 50.9 Å². The fourth-order valence-corrected chi connectivity index (χ4v) is 3.15. The first-order valence-electron chi connectivity index (χ1n) is 7.55. The number of benzene rings is 1. The summed E-state index contributed by atoms with van der Waals surface area (Å²) in [4.78, 5) is 4.84. The summed E-state index contributed by atoms with van der Waals surface area (Å²) in [7, 11) is 1.70. The van der Waals surface area contributed by atoms with Gasteiger partial charge in [0.15, 0.2) is 0 Å². The molecular weight excluding hydrogens is 250 g/mol. The van der Waals surface area contributed by atoms with E-state index in [2.05, 4.69) is 22.9 Å². The first kappa shape index (κ1) is 13.4. The van der Waals surface area contributed by atoms with Gasteiger partial charge in [0, 0.05) is 19.0 Å². The van der Waals surface area contributed by atoms with Gasteiger partial charge < -0.3 is 14.6 Å². The summed E-state index contributed by atoms with van der Waals surface area (Å²) in [6, 6.07) is 6.17.